The molecule has 0 aromatic rings. The third-order valence-corrected chi connectivity index (χ3v) is 11.9. The predicted octanol–water partition coefficient (Wildman–Crippen LogP) is 5.86. The molecule has 33 heavy (non-hydrogen) atoms. The van der Waals surface area contributed by atoms with Crippen LogP contribution in [-0.2, 0) is 14.3 Å². The Labute approximate surface area is 200 Å². The van der Waals surface area contributed by atoms with Gasteiger partial charge in [-0.3, -0.25) is 10.1 Å². The Kier molecular flexibility index (Phi) is 5.18. The number of rotatable bonds is 1. The maximum absolute atomic E-state index is 11.5. The van der Waals surface area contributed by atoms with E-state index in [0.717, 1.165) is 43.1 Å². The van der Waals surface area contributed by atoms with Crippen LogP contribution in [0.3, 0.4) is 0 Å². The number of fused-ring (bicyclic) bond motifs is 7. The summed E-state index contributed by atoms with van der Waals surface area (Å²) in [4.78, 5) is 11.5. The van der Waals surface area contributed by atoms with Gasteiger partial charge in [0.2, 0.25) is 0 Å². The van der Waals surface area contributed by atoms with Crippen molar-refractivity contribution in [3.63, 3.8) is 0 Å². The summed E-state index contributed by atoms with van der Waals surface area (Å²) in [5.41, 5.74) is 2.24. The topological polar surface area (TPSA) is 47.6 Å². The molecule has 0 aromatic carbocycles. The van der Waals surface area contributed by atoms with Gasteiger partial charge in [-0.2, -0.15) is 0 Å². The minimum atomic E-state index is -0.127. The molecule has 1 spiro atoms. The van der Waals surface area contributed by atoms with Gasteiger partial charge in [0, 0.05) is 25.8 Å². The number of esters is 1. The fourth-order valence-electron chi connectivity index (χ4n) is 10.2. The van der Waals surface area contributed by atoms with E-state index in [1.165, 1.54) is 44.9 Å². The van der Waals surface area contributed by atoms with E-state index < -0.39 is 0 Å². The Morgan fingerprint density at radius 2 is 1.94 bits per heavy atom. The highest BCUT2D eigenvalue weighted by Crippen LogP contribution is 2.70. The van der Waals surface area contributed by atoms with Crippen molar-refractivity contribution in [2.75, 3.05) is 6.54 Å². The standard InChI is InChI=1S/C29H45NO3/c1-17-8-13-29(30-16-17)18(2)26-25(33-29)15-24-22-7-6-20-14-21(32-19(3)31)9-11-27(20,4)23(22)10-12-28(24,26)5/h6,17-18,21-26,30H,7-16H2,1-5H3/t17-,18+,21+,22-,23+,24-,25-,26-,27-,28-,29+/m0/s1. The van der Waals surface area contributed by atoms with E-state index in [4.69, 9.17) is 9.47 Å². The lowest BCUT2D eigenvalue weighted by molar-refractivity contribution is -0.148. The van der Waals surface area contributed by atoms with Crippen LogP contribution in [0.1, 0.15) is 92.4 Å². The van der Waals surface area contributed by atoms with Crippen molar-refractivity contribution in [3.05, 3.63) is 11.6 Å². The van der Waals surface area contributed by atoms with Crippen molar-refractivity contribution in [2.45, 2.75) is 110 Å². The van der Waals surface area contributed by atoms with E-state index in [2.05, 4.69) is 39.1 Å². The van der Waals surface area contributed by atoms with Gasteiger partial charge in [-0.05, 0) is 91.8 Å². The number of hydrogen-bond acceptors (Lipinski definition) is 4. The summed E-state index contributed by atoms with van der Waals surface area (Å²) >= 11 is 0. The van der Waals surface area contributed by atoms with Crippen molar-refractivity contribution in [1.82, 2.24) is 5.32 Å². The minimum absolute atomic E-state index is 0.0621. The highest BCUT2D eigenvalue weighted by Gasteiger charge is 2.68. The molecule has 6 rings (SSSR count). The van der Waals surface area contributed by atoms with Crippen LogP contribution in [0, 0.1) is 46.3 Å². The summed E-state index contributed by atoms with van der Waals surface area (Å²) in [7, 11) is 0. The monoisotopic (exact) mass is 455 g/mol. The Morgan fingerprint density at radius 1 is 1.12 bits per heavy atom. The molecule has 1 N–H and O–H groups in total. The van der Waals surface area contributed by atoms with Crippen LogP contribution in [0.2, 0.25) is 0 Å². The molecule has 5 fully saturated rings. The Hall–Kier alpha value is -0.870. The molecule has 2 saturated heterocycles. The second-order valence-electron chi connectivity index (χ2n) is 13.4. The SMILES string of the molecule is CC(=O)O[C@@H]1CC[C@@]2(C)C(=CC[C@H]3[C@H]2CC[C@]2(C)[C@@H]4[C@H](C[C@@H]32)O[C@]2(CC[C@H](C)CN2)[C@@H]4C)C1. The summed E-state index contributed by atoms with van der Waals surface area (Å²) in [6.45, 7) is 12.7. The first-order valence-corrected chi connectivity index (χ1v) is 14.0. The Balaban J connectivity index is 1.24. The number of allylic oxidation sites excluding steroid dienone is 1. The largest absolute Gasteiger partial charge is 0.462 e. The molecule has 3 saturated carbocycles. The van der Waals surface area contributed by atoms with E-state index in [1.807, 2.05) is 0 Å². The normalized spacial score (nSPS) is 55.2. The van der Waals surface area contributed by atoms with Crippen molar-refractivity contribution >= 4 is 5.97 Å². The number of ether oxygens (including phenoxy) is 2. The molecule has 184 valence electrons. The van der Waals surface area contributed by atoms with Crippen LogP contribution >= 0.6 is 0 Å². The fraction of sp³-hybridized carbons (Fsp3) is 0.897. The second kappa shape index (κ2) is 7.56. The molecule has 0 amide bonds. The number of carbonyl (C=O) groups excluding carboxylic acids is 1. The van der Waals surface area contributed by atoms with E-state index in [1.54, 1.807) is 12.5 Å². The van der Waals surface area contributed by atoms with Gasteiger partial charge in [0.05, 0.1) is 6.10 Å². The lowest BCUT2D eigenvalue weighted by atomic mass is 9.47. The zero-order chi connectivity index (χ0) is 23.2. The van der Waals surface area contributed by atoms with Crippen molar-refractivity contribution in [1.29, 1.82) is 0 Å². The molecule has 11 atom stereocenters. The van der Waals surface area contributed by atoms with Gasteiger partial charge in [-0.15, -0.1) is 0 Å². The third-order valence-electron chi connectivity index (χ3n) is 11.9. The molecule has 2 aliphatic heterocycles. The van der Waals surface area contributed by atoms with Gasteiger partial charge in [-0.25, -0.2) is 0 Å². The average Bonchev–Trinajstić information content (AvgIpc) is 3.21. The Bertz CT molecular complexity index is 844. The van der Waals surface area contributed by atoms with Crippen molar-refractivity contribution in [2.24, 2.45) is 46.3 Å². The van der Waals surface area contributed by atoms with E-state index in [0.29, 0.717) is 28.8 Å². The van der Waals surface area contributed by atoms with Crippen molar-refractivity contribution < 1.29 is 14.3 Å². The third kappa shape index (κ3) is 3.18. The molecule has 0 bridgehead atoms. The first kappa shape index (κ1) is 22.6. The second-order valence-corrected chi connectivity index (χ2v) is 13.4. The molecule has 0 unspecified atom stereocenters. The summed E-state index contributed by atoms with van der Waals surface area (Å²) < 4.78 is 12.6. The quantitative estimate of drug-likeness (QED) is 0.397. The lowest BCUT2D eigenvalue weighted by Crippen LogP contribution is -2.57. The van der Waals surface area contributed by atoms with Gasteiger partial charge >= 0.3 is 5.97 Å². The predicted molar refractivity (Wildman–Crippen MR) is 129 cm³/mol. The highest BCUT2D eigenvalue weighted by molar-refractivity contribution is 5.66. The number of hydrogen-bond donors (Lipinski definition) is 1. The van der Waals surface area contributed by atoms with Crippen LogP contribution in [0.15, 0.2) is 11.6 Å². The molecule has 0 radical (unpaired) electrons. The zero-order valence-electron chi connectivity index (χ0n) is 21.5. The highest BCUT2D eigenvalue weighted by atomic mass is 16.5. The maximum Gasteiger partial charge on any atom is 0.302 e. The van der Waals surface area contributed by atoms with Gasteiger partial charge in [0.15, 0.2) is 0 Å². The van der Waals surface area contributed by atoms with Gasteiger partial charge in [0.1, 0.15) is 11.8 Å². The average molecular weight is 456 g/mol. The van der Waals surface area contributed by atoms with E-state index >= 15 is 0 Å². The first-order chi connectivity index (χ1) is 15.7. The molecule has 0 aromatic heterocycles. The summed E-state index contributed by atoms with van der Waals surface area (Å²) in [5.74, 6) is 4.30. The van der Waals surface area contributed by atoms with Gasteiger partial charge in [0.25, 0.3) is 0 Å². The fourth-order valence-corrected chi connectivity index (χ4v) is 10.2. The summed E-state index contributed by atoms with van der Waals surface area (Å²) in [6.07, 6.45) is 13.9. The van der Waals surface area contributed by atoms with E-state index in [-0.39, 0.29) is 17.8 Å². The van der Waals surface area contributed by atoms with Gasteiger partial charge in [-0.1, -0.05) is 39.3 Å². The van der Waals surface area contributed by atoms with Crippen LogP contribution in [-0.4, -0.2) is 30.4 Å². The molecule has 2 heterocycles. The zero-order valence-corrected chi connectivity index (χ0v) is 21.5. The van der Waals surface area contributed by atoms with Crippen LogP contribution < -0.4 is 5.32 Å². The number of piperidine rings is 1. The smallest absolute Gasteiger partial charge is 0.302 e. The first-order valence-electron chi connectivity index (χ1n) is 14.0. The molecular weight excluding hydrogens is 410 g/mol. The van der Waals surface area contributed by atoms with Crippen molar-refractivity contribution in [3.8, 4) is 0 Å². The van der Waals surface area contributed by atoms with Gasteiger partial charge < -0.3 is 9.47 Å². The molecule has 6 aliphatic rings. The Morgan fingerprint density at radius 3 is 2.67 bits per heavy atom. The summed E-state index contributed by atoms with van der Waals surface area (Å²) in [6, 6.07) is 0. The number of nitrogens with one attached hydrogen (secondary N) is 1. The van der Waals surface area contributed by atoms with E-state index in [9.17, 15) is 4.79 Å². The maximum atomic E-state index is 11.5. The molecular formula is C29H45NO3. The molecule has 4 heteroatoms. The van der Waals surface area contributed by atoms with Crippen LogP contribution in [0.5, 0.6) is 0 Å². The molecule has 4 nitrogen and oxygen atoms in total. The lowest BCUT2D eigenvalue weighted by Gasteiger charge is -2.58. The minimum Gasteiger partial charge on any atom is -0.462 e. The van der Waals surface area contributed by atoms with Crippen LogP contribution in [0.25, 0.3) is 0 Å². The molecule has 4 aliphatic carbocycles. The summed E-state index contributed by atoms with van der Waals surface area (Å²) in [5, 5.41) is 3.88. The number of carbonyl (C=O) groups is 1. The van der Waals surface area contributed by atoms with Crippen LogP contribution in [0.4, 0.5) is 0 Å².